The van der Waals surface area contributed by atoms with E-state index in [9.17, 15) is 19.1 Å². The summed E-state index contributed by atoms with van der Waals surface area (Å²) >= 11 is 0. The number of aromatic amines is 1. The standard InChI is InChI=1S/C18H21FN4O3/c1-3-11-12(5-4-6-13(11)19)17(25)22-14-7-23(8-15(14)24)18(26)16-10(2)20-9-21-16/h4-6,9,14-15,24H,3,7-8H2,1-2H3,(H,20,21)(H,22,25)/t14-,15-/m1/s1. The van der Waals surface area contributed by atoms with E-state index in [-0.39, 0.29) is 24.6 Å². The van der Waals surface area contributed by atoms with E-state index in [1.54, 1.807) is 19.9 Å². The summed E-state index contributed by atoms with van der Waals surface area (Å²) in [5, 5.41) is 13.0. The summed E-state index contributed by atoms with van der Waals surface area (Å²) in [4.78, 5) is 33.3. The van der Waals surface area contributed by atoms with Crippen molar-refractivity contribution < 1.29 is 19.1 Å². The van der Waals surface area contributed by atoms with Crippen molar-refractivity contribution in [3.05, 3.63) is 52.9 Å². The highest BCUT2D eigenvalue weighted by molar-refractivity contribution is 5.96. The molecule has 0 spiro atoms. The van der Waals surface area contributed by atoms with E-state index in [1.807, 2.05) is 0 Å². The van der Waals surface area contributed by atoms with Crippen molar-refractivity contribution in [2.24, 2.45) is 0 Å². The minimum atomic E-state index is -0.902. The molecule has 26 heavy (non-hydrogen) atoms. The van der Waals surface area contributed by atoms with Crippen LogP contribution in [0, 0.1) is 12.7 Å². The molecule has 1 aromatic carbocycles. The van der Waals surface area contributed by atoms with Crippen molar-refractivity contribution in [3.63, 3.8) is 0 Å². The molecule has 2 atom stereocenters. The van der Waals surface area contributed by atoms with Crippen LogP contribution in [0.4, 0.5) is 4.39 Å². The highest BCUT2D eigenvalue weighted by Crippen LogP contribution is 2.18. The summed E-state index contributed by atoms with van der Waals surface area (Å²) in [6, 6.07) is 3.71. The number of β-amino-alcohol motifs (C(OH)–C–C–N with tert-alkyl or cyclic N) is 1. The molecule has 1 saturated heterocycles. The lowest BCUT2D eigenvalue weighted by molar-refractivity contribution is 0.0759. The number of aromatic nitrogens is 2. The zero-order valence-corrected chi connectivity index (χ0v) is 14.6. The van der Waals surface area contributed by atoms with Crippen LogP contribution in [-0.2, 0) is 6.42 Å². The molecule has 0 unspecified atom stereocenters. The van der Waals surface area contributed by atoms with Crippen molar-refractivity contribution in [1.29, 1.82) is 0 Å². The van der Waals surface area contributed by atoms with Crippen LogP contribution in [0.25, 0.3) is 0 Å². The van der Waals surface area contributed by atoms with Crippen molar-refractivity contribution >= 4 is 11.8 Å². The molecular formula is C18H21FN4O3. The Morgan fingerprint density at radius 1 is 1.42 bits per heavy atom. The number of carbonyl (C=O) groups excluding carboxylic acids is 2. The van der Waals surface area contributed by atoms with Crippen molar-refractivity contribution in [3.8, 4) is 0 Å². The quantitative estimate of drug-likeness (QED) is 0.759. The second-order valence-corrected chi connectivity index (χ2v) is 6.35. The van der Waals surface area contributed by atoms with Gasteiger partial charge in [-0.15, -0.1) is 0 Å². The van der Waals surface area contributed by atoms with Gasteiger partial charge in [-0.3, -0.25) is 9.59 Å². The average molecular weight is 360 g/mol. The van der Waals surface area contributed by atoms with Crippen LogP contribution in [0.5, 0.6) is 0 Å². The normalized spacial score (nSPS) is 19.6. The number of benzene rings is 1. The van der Waals surface area contributed by atoms with Crippen LogP contribution < -0.4 is 5.32 Å². The number of rotatable bonds is 4. The van der Waals surface area contributed by atoms with Gasteiger partial charge in [-0.25, -0.2) is 9.37 Å². The summed E-state index contributed by atoms with van der Waals surface area (Å²) in [7, 11) is 0. The Morgan fingerprint density at radius 3 is 2.85 bits per heavy atom. The molecule has 138 valence electrons. The van der Waals surface area contributed by atoms with Crippen molar-refractivity contribution in [2.75, 3.05) is 13.1 Å². The van der Waals surface area contributed by atoms with Gasteiger partial charge in [-0.05, 0) is 25.5 Å². The van der Waals surface area contributed by atoms with Crippen molar-refractivity contribution in [2.45, 2.75) is 32.4 Å². The maximum absolute atomic E-state index is 13.9. The molecule has 2 aromatic rings. The Balaban J connectivity index is 1.71. The lowest BCUT2D eigenvalue weighted by Crippen LogP contribution is -2.43. The monoisotopic (exact) mass is 360 g/mol. The van der Waals surface area contributed by atoms with Crippen molar-refractivity contribution in [1.82, 2.24) is 20.2 Å². The molecule has 0 radical (unpaired) electrons. The van der Waals surface area contributed by atoms with Gasteiger partial charge in [0.15, 0.2) is 0 Å². The number of halogens is 1. The van der Waals surface area contributed by atoms with Gasteiger partial charge in [0.05, 0.1) is 18.5 Å². The van der Waals surface area contributed by atoms with Gasteiger partial charge in [-0.1, -0.05) is 13.0 Å². The zero-order chi connectivity index (χ0) is 18.8. The van der Waals surface area contributed by atoms with Crippen LogP contribution >= 0.6 is 0 Å². The van der Waals surface area contributed by atoms with E-state index in [2.05, 4.69) is 15.3 Å². The maximum atomic E-state index is 13.9. The second-order valence-electron chi connectivity index (χ2n) is 6.35. The number of likely N-dealkylation sites (tertiary alicyclic amines) is 1. The Labute approximate surface area is 150 Å². The van der Waals surface area contributed by atoms with Crippen LogP contribution in [-0.4, -0.2) is 57.0 Å². The number of aryl methyl sites for hydroxylation is 1. The zero-order valence-electron chi connectivity index (χ0n) is 14.6. The Morgan fingerprint density at radius 2 is 2.19 bits per heavy atom. The molecule has 3 rings (SSSR count). The molecule has 0 saturated carbocycles. The Bertz CT molecular complexity index is 836. The number of hydrogen-bond donors (Lipinski definition) is 3. The first-order valence-electron chi connectivity index (χ1n) is 8.48. The lowest BCUT2D eigenvalue weighted by atomic mass is 10.0. The predicted molar refractivity (Wildman–Crippen MR) is 92.3 cm³/mol. The van der Waals surface area contributed by atoms with Crippen LogP contribution in [0.3, 0.4) is 0 Å². The van der Waals surface area contributed by atoms with Crippen LogP contribution in [0.1, 0.15) is 39.0 Å². The van der Waals surface area contributed by atoms with E-state index in [4.69, 9.17) is 0 Å². The van der Waals surface area contributed by atoms with E-state index in [0.29, 0.717) is 23.4 Å². The third-order valence-electron chi connectivity index (χ3n) is 4.64. The molecular weight excluding hydrogens is 339 g/mol. The van der Waals surface area contributed by atoms with E-state index in [0.717, 1.165) is 0 Å². The van der Waals surface area contributed by atoms with Gasteiger partial charge < -0.3 is 20.3 Å². The molecule has 1 aromatic heterocycles. The molecule has 1 aliphatic heterocycles. The fourth-order valence-electron chi connectivity index (χ4n) is 3.20. The molecule has 1 aliphatic rings. The van der Waals surface area contributed by atoms with E-state index in [1.165, 1.54) is 23.4 Å². The minimum absolute atomic E-state index is 0.0971. The molecule has 1 fully saturated rings. The number of aliphatic hydroxyl groups excluding tert-OH is 1. The molecule has 0 bridgehead atoms. The van der Waals surface area contributed by atoms with E-state index >= 15 is 0 Å². The molecule has 2 amide bonds. The first-order valence-corrected chi connectivity index (χ1v) is 8.48. The summed E-state index contributed by atoms with van der Waals surface area (Å²) < 4.78 is 13.9. The number of carbonyl (C=O) groups is 2. The maximum Gasteiger partial charge on any atom is 0.274 e. The number of nitrogens with one attached hydrogen (secondary N) is 2. The topological polar surface area (TPSA) is 98.3 Å². The van der Waals surface area contributed by atoms with Crippen LogP contribution in [0.2, 0.25) is 0 Å². The second kappa shape index (κ2) is 7.25. The van der Waals surface area contributed by atoms with Gasteiger partial charge in [0, 0.05) is 29.9 Å². The summed E-state index contributed by atoms with van der Waals surface area (Å²) in [6.07, 6.45) is 0.914. The van der Waals surface area contributed by atoms with Gasteiger partial charge >= 0.3 is 0 Å². The van der Waals surface area contributed by atoms with E-state index < -0.39 is 23.9 Å². The smallest absolute Gasteiger partial charge is 0.274 e. The Kier molecular flexibility index (Phi) is 5.03. The first kappa shape index (κ1) is 18.1. The highest BCUT2D eigenvalue weighted by atomic mass is 19.1. The van der Waals surface area contributed by atoms with Gasteiger partial charge in [0.1, 0.15) is 11.5 Å². The summed E-state index contributed by atoms with van der Waals surface area (Å²) in [6.45, 7) is 3.77. The molecule has 7 nitrogen and oxygen atoms in total. The molecule has 3 N–H and O–H groups in total. The average Bonchev–Trinajstić information content (AvgIpc) is 3.20. The number of hydrogen-bond acceptors (Lipinski definition) is 4. The highest BCUT2D eigenvalue weighted by Gasteiger charge is 2.36. The number of nitrogens with zero attached hydrogens (tertiary/aromatic N) is 2. The largest absolute Gasteiger partial charge is 0.389 e. The third kappa shape index (κ3) is 3.32. The number of H-pyrrole nitrogens is 1. The van der Waals surface area contributed by atoms with Crippen LogP contribution in [0.15, 0.2) is 24.5 Å². The summed E-state index contributed by atoms with van der Waals surface area (Å²) in [5.41, 5.74) is 1.51. The lowest BCUT2D eigenvalue weighted by Gasteiger charge is -2.17. The molecule has 0 aliphatic carbocycles. The third-order valence-corrected chi connectivity index (χ3v) is 4.64. The predicted octanol–water partition coefficient (Wildman–Crippen LogP) is 1.03. The Hall–Kier alpha value is -2.74. The number of imidazole rings is 1. The summed E-state index contributed by atoms with van der Waals surface area (Å²) in [5.74, 6) is -1.20. The molecule has 8 heteroatoms. The molecule has 2 heterocycles. The fraction of sp³-hybridized carbons (Fsp3) is 0.389. The first-order chi connectivity index (χ1) is 12.4. The fourth-order valence-corrected chi connectivity index (χ4v) is 3.20. The minimum Gasteiger partial charge on any atom is -0.389 e. The number of aliphatic hydroxyl groups is 1. The van der Waals surface area contributed by atoms with Gasteiger partial charge in [-0.2, -0.15) is 0 Å². The number of amides is 2. The SMILES string of the molecule is CCc1c(F)cccc1C(=O)N[C@@H]1CN(C(=O)c2nc[nH]c2C)C[C@H]1O. The van der Waals surface area contributed by atoms with Gasteiger partial charge in [0.25, 0.3) is 11.8 Å². The van der Waals surface area contributed by atoms with Gasteiger partial charge in [0.2, 0.25) is 0 Å².